The van der Waals surface area contributed by atoms with Crippen LogP contribution in [0.1, 0.15) is 115 Å². The standard InChI is InChI=1S/C34H44N4O6/c1-31(2,3)27(41)35-17-13-14-18(36-28(42)32(4,5)6)22-21(17)25(39)23-19(37-29(43)33(7,8)9)15-16-20(24(23)26(22)40)38-30(44)34(10,11)12/h13-16H,1-12H3,(H,35,41)(H,36,42)(H,37,43)(H,38,44). The first-order chi connectivity index (χ1) is 19.9. The van der Waals surface area contributed by atoms with Crippen LogP contribution >= 0.6 is 0 Å². The molecule has 0 aromatic heterocycles. The first-order valence-electron chi connectivity index (χ1n) is 14.5. The SMILES string of the molecule is CC(C)(C)C(=O)Nc1ccc(NC(=O)C(C)(C)C)c2c1C(=O)c1c(NC(=O)C(C)(C)C)ccc(NC(=O)C(C)(C)C)c1C2=O. The molecule has 1 aliphatic rings. The van der Waals surface area contributed by atoms with Gasteiger partial charge in [0.15, 0.2) is 11.6 Å². The zero-order valence-electron chi connectivity index (χ0n) is 27.8. The molecule has 3 rings (SSSR count). The van der Waals surface area contributed by atoms with Crippen LogP contribution in [0.3, 0.4) is 0 Å². The van der Waals surface area contributed by atoms with Crippen molar-refractivity contribution in [2.75, 3.05) is 21.3 Å². The fourth-order valence-electron chi connectivity index (χ4n) is 4.05. The van der Waals surface area contributed by atoms with E-state index in [-0.39, 0.29) is 45.0 Å². The quantitative estimate of drug-likeness (QED) is 0.271. The molecule has 4 N–H and O–H groups in total. The van der Waals surface area contributed by atoms with Crippen LogP contribution in [-0.2, 0) is 19.2 Å². The van der Waals surface area contributed by atoms with Gasteiger partial charge in [0, 0.05) is 21.7 Å². The number of carbonyl (C=O) groups excluding carboxylic acids is 6. The van der Waals surface area contributed by atoms with E-state index in [0.29, 0.717) is 0 Å². The lowest BCUT2D eigenvalue weighted by molar-refractivity contribution is -0.123. The average molecular weight is 605 g/mol. The van der Waals surface area contributed by atoms with E-state index in [1.54, 1.807) is 83.1 Å². The van der Waals surface area contributed by atoms with E-state index in [1.165, 1.54) is 24.3 Å². The lowest BCUT2D eigenvalue weighted by atomic mass is 9.79. The molecule has 0 saturated heterocycles. The van der Waals surface area contributed by atoms with E-state index < -0.39 is 56.9 Å². The Morgan fingerprint density at radius 1 is 0.386 bits per heavy atom. The highest BCUT2D eigenvalue weighted by atomic mass is 16.2. The summed E-state index contributed by atoms with van der Waals surface area (Å²) < 4.78 is 0. The van der Waals surface area contributed by atoms with E-state index in [4.69, 9.17) is 0 Å². The van der Waals surface area contributed by atoms with Crippen LogP contribution in [-0.4, -0.2) is 35.2 Å². The predicted molar refractivity (Wildman–Crippen MR) is 172 cm³/mol. The van der Waals surface area contributed by atoms with Crippen molar-refractivity contribution in [3.8, 4) is 0 Å². The molecular formula is C34H44N4O6. The number of anilines is 4. The molecule has 10 nitrogen and oxygen atoms in total. The Kier molecular flexibility index (Phi) is 8.77. The van der Waals surface area contributed by atoms with Gasteiger partial charge in [-0.2, -0.15) is 0 Å². The monoisotopic (exact) mass is 604 g/mol. The summed E-state index contributed by atoms with van der Waals surface area (Å²) in [4.78, 5) is 81.3. The van der Waals surface area contributed by atoms with Crippen molar-refractivity contribution in [2.45, 2.75) is 83.1 Å². The average Bonchev–Trinajstić information content (AvgIpc) is 2.86. The molecule has 236 valence electrons. The molecule has 0 spiro atoms. The van der Waals surface area contributed by atoms with Gasteiger partial charge in [0.1, 0.15) is 0 Å². The maximum absolute atomic E-state index is 14.5. The molecule has 4 amide bonds. The Balaban J connectivity index is 2.40. The van der Waals surface area contributed by atoms with Crippen molar-refractivity contribution in [1.29, 1.82) is 0 Å². The van der Waals surface area contributed by atoms with Gasteiger partial charge >= 0.3 is 0 Å². The van der Waals surface area contributed by atoms with Crippen molar-refractivity contribution in [2.24, 2.45) is 21.7 Å². The number of hydrogen-bond acceptors (Lipinski definition) is 6. The van der Waals surface area contributed by atoms with Gasteiger partial charge in [-0.15, -0.1) is 0 Å². The van der Waals surface area contributed by atoms with E-state index in [0.717, 1.165) is 0 Å². The van der Waals surface area contributed by atoms with Crippen LogP contribution in [0.5, 0.6) is 0 Å². The number of benzene rings is 2. The van der Waals surface area contributed by atoms with E-state index in [9.17, 15) is 28.8 Å². The van der Waals surface area contributed by atoms with Gasteiger partial charge in [-0.25, -0.2) is 0 Å². The second-order valence-corrected chi connectivity index (χ2v) is 15.3. The molecule has 0 aliphatic heterocycles. The minimum Gasteiger partial charge on any atom is -0.325 e. The van der Waals surface area contributed by atoms with Gasteiger partial charge in [0.25, 0.3) is 0 Å². The topological polar surface area (TPSA) is 151 Å². The number of amides is 4. The molecule has 0 fully saturated rings. The number of rotatable bonds is 4. The Labute approximate surface area is 259 Å². The Hall–Kier alpha value is -4.34. The van der Waals surface area contributed by atoms with Gasteiger partial charge in [0.2, 0.25) is 23.6 Å². The molecule has 0 bridgehead atoms. The third-order valence-electron chi connectivity index (χ3n) is 7.04. The lowest BCUT2D eigenvalue weighted by Crippen LogP contribution is -2.34. The third-order valence-corrected chi connectivity index (χ3v) is 7.04. The molecule has 44 heavy (non-hydrogen) atoms. The third kappa shape index (κ3) is 6.90. The second-order valence-electron chi connectivity index (χ2n) is 15.3. The molecule has 1 aliphatic carbocycles. The lowest BCUT2D eigenvalue weighted by Gasteiger charge is -2.29. The van der Waals surface area contributed by atoms with Crippen LogP contribution in [0.25, 0.3) is 0 Å². The summed E-state index contributed by atoms with van der Waals surface area (Å²) in [5.41, 5.74) is -3.52. The van der Waals surface area contributed by atoms with Crippen molar-refractivity contribution >= 4 is 57.9 Å². The van der Waals surface area contributed by atoms with E-state index in [2.05, 4.69) is 21.3 Å². The van der Waals surface area contributed by atoms with Gasteiger partial charge in [-0.1, -0.05) is 83.1 Å². The maximum Gasteiger partial charge on any atom is 0.229 e. The number of fused-ring (bicyclic) bond motifs is 2. The second kappa shape index (κ2) is 11.3. The number of nitrogens with one attached hydrogen (secondary N) is 4. The molecule has 0 heterocycles. The van der Waals surface area contributed by atoms with Gasteiger partial charge in [0.05, 0.1) is 45.0 Å². The first kappa shape index (κ1) is 34.2. The summed E-state index contributed by atoms with van der Waals surface area (Å²) in [5, 5.41) is 11.1. The van der Waals surface area contributed by atoms with Gasteiger partial charge in [-0.3, -0.25) is 28.8 Å². The van der Waals surface area contributed by atoms with Gasteiger partial charge in [-0.05, 0) is 24.3 Å². The van der Waals surface area contributed by atoms with Crippen LogP contribution < -0.4 is 21.3 Å². The molecule has 10 heteroatoms. The van der Waals surface area contributed by atoms with Crippen molar-refractivity contribution in [1.82, 2.24) is 0 Å². The van der Waals surface area contributed by atoms with Crippen LogP contribution in [0, 0.1) is 21.7 Å². The Morgan fingerprint density at radius 2 is 0.545 bits per heavy atom. The Bertz CT molecular complexity index is 1360. The summed E-state index contributed by atoms with van der Waals surface area (Å²) >= 11 is 0. The van der Waals surface area contributed by atoms with Crippen molar-refractivity contribution in [3.63, 3.8) is 0 Å². The highest BCUT2D eigenvalue weighted by Crippen LogP contribution is 2.43. The minimum absolute atomic E-state index is 0.0786. The minimum atomic E-state index is -0.831. The highest BCUT2D eigenvalue weighted by Gasteiger charge is 2.40. The van der Waals surface area contributed by atoms with Crippen molar-refractivity contribution in [3.05, 3.63) is 46.5 Å². The van der Waals surface area contributed by atoms with E-state index in [1.807, 2.05) is 0 Å². The molecule has 0 radical (unpaired) electrons. The van der Waals surface area contributed by atoms with Crippen LogP contribution in [0.2, 0.25) is 0 Å². The molecule has 2 aromatic carbocycles. The fraction of sp³-hybridized carbons (Fsp3) is 0.471. The van der Waals surface area contributed by atoms with Crippen LogP contribution in [0.15, 0.2) is 24.3 Å². The Morgan fingerprint density at radius 3 is 0.682 bits per heavy atom. The van der Waals surface area contributed by atoms with Crippen molar-refractivity contribution < 1.29 is 28.8 Å². The summed E-state index contributed by atoms with van der Waals surface area (Å²) in [5.74, 6) is -2.92. The molecular weight excluding hydrogens is 560 g/mol. The smallest absolute Gasteiger partial charge is 0.229 e. The predicted octanol–water partition coefficient (Wildman–Crippen LogP) is 6.40. The normalized spacial score (nSPS) is 13.5. The zero-order valence-corrected chi connectivity index (χ0v) is 27.8. The zero-order chi connectivity index (χ0) is 33.7. The van der Waals surface area contributed by atoms with Crippen LogP contribution in [0.4, 0.5) is 22.7 Å². The van der Waals surface area contributed by atoms with E-state index >= 15 is 0 Å². The number of ketones is 2. The number of carbonyl (C=O) groups is 6. The summed E-state index contributed by atoms with van der Waals surface area (Å²) in [7, 11) is 0. The summed E-state index contributed by atoms with van der Waals surface area (Å²) in [6, 6.07) is 5.87. The highest BCUT2D eigenvalue weighted by molar-refractivity contribution is 6.36. The molecule has 2 aromatic rings. The fourth-order valence-corrected chi connectivity index (χ4v) is 4.05. The van der Waals surface area contributed by atoms with Gasteiger partial charge < -0.3 is 21.3 Å². The molecule has 0 unspecified atom stereocenters. The first-order valence-corrected chi connectivity index (χ1v) is 14.5. The largest absolute Gasteiger partial charge is 0.325 e. The molecule has 0 atom stereocenters. The maximum atomic E-state index is 14.5. The molecule has 0 saturated carbocycles. The summed E-state index contributed by atoms with van der Waals surface area (Å²) in [6.45, 7) is 20.5. The number of hydrogen-bond donors (Lipinski definition) is 4. The summed E-state index contributed by atoms with van der Waals surface area (Å²) in [6.07, 6.45) is 0.